The summed E-state index contributed by atoms with van der Waals surface area (Å²) < 4.78 is 1.96. The van der Waals surface area contributed by atoms with E-state index in [4.69, 9.17) is 0 Å². The molecule has 2 amide bonds. The molecular formula is C18H26N6O. The molecule has 0 saturated carbocycles. The number of aryl methyl sites for hydroxylation is 2. The van der Waals surface area contributed by atoms with Crippen molar-refractivity contribution >= 4 is 17.4 Å². The predicted octanol–water partition coefficient (Wildman–Crippen LogP) is 2.66. The maximum Gasteiger partial charge on any atom is 0.322 e. The van der Waals surface area contributed by atoms with Crippen LogP contribution in [-0.2, 0) is 6.54 Å². The lowest BCUT2D eigenvalue weighted by molar-refractivity contribution is 0.208. The highest BCUT2D eigenvalue weighted by Crippen LogP contribution is 2.21. The highest BCUT2D eigenvalue weighted by molar-refractivity contribution is 5.90. The average molecular weight is 342 g/mol. The Morgan fingerprint density at radius 1 is 1.24 bits per heavy atom. The van der Waals surface area contributed by atoms with Gasteiger partial charge in [0.2, 0.25) is 0 Å². The molecule has 134 valence electrons. The van der Waals surface area contributed by atoms with Gasteiger partial charge >= 0.3 is 6.03 Å². The normalized spacial score (nSPS) is 14.7. The molecule has 1 saturated heterocycles. The van der Waals surface area contributed by atoms with Crippen molar-refractivity contribution in [2.24, 2.45) is 0 Å². The summed E-state index contributed by atoms with van der Waals surface area (Å²) in [6.45, 7) is 9.95. The largest absolute Gasteiger partial charge is 0.367 e. The van der Waals surface area contributed by atoms with E-state index in [9.17, 15) is 4.79 Å². The van der Waals surface area contributed by atoms with Gasteiger partial charge in [0.25, 0.3) is 0 Å². The van der Waals surface area contributed by atoms with Crippen LogP contribution in [0.15, 0.2) is 24.5 Å². The second kappa shape index (κ2) is 7.55. The highest BCUT2D eigenvalue weighted by atomic mass is 16.2. The Balaban J connectivity index is 1.60. The summed E-state index contributed by atoms with van der Waals surface area (Å²) in [5.74, 6) is 0. The molecule has 25 heavy (non-hydrogen) atoms. The van der Waals surface area contributed by atoms with E-state index in [1.54, 1.807) is 6.20 Å². The van der Waals surface area contributed by atoms with Gasteiger partial charge in [0, 0.05) is 38.9 Å². The molecule has 3 heterocycles. The van der Waals surface area contributed by atoms with Crippen molar-refractivity contribution in [3.8, 4) is 0 Å². The van der Waals surface area contributed by atoms with Crippen LogP contribution >= 0.6 is 0 Å². The summed E-state index contributed by atoms with van der Waals surface area (Å²) in [7, 11) is 0. The number of pyridine rings is 1. The maximum absolute atomic E-state index is 12.6. The number of hydrogen-bond acceptors (Lipinski definition) is 4. The van der Waals surface area contributed by atoms with Gasteiger partial charge in [-0.05, 0) is 32.4 Å². The number of nitrogens with one attached hydrogen (secondary N) is 1. The molecule has 0 aliphatic carbocycles. The fraction of sp³-hybridized carbons (Fsp3) is 0.500. The fourth-order valence-corrected chi connectivity index (χ4v) is 3.20. The van der Waals surface area contributed by atoms with E-state index in [2.05, 4.69) is 33.3 Å². The second-order valence-corrected chi connectivity index (χ2v) is 6.38. The number of carbonyl (C=O) groups excluding carboxylic acids is 1. The SMILES string of the molecule is CCCn1nc(C)c(NC(=O)N2CCN(c3cccnc3)CC2)c1C. The third kappa shape index (κ3) is 3.75. The molecule has 3 rings (SSSR count). The fourth-order valence-electron chi connectivity index (χ4n) is 3.20. The van der Waals surface area contributed by atoms with Gasteiger partial charge in [0.1, 0.15) is 0 Å². The number of anilines is 2. The van der Waals surface area contributed by atoms with Crippen LogP contribution in [0.5, 0.6) is 0 Å². The lowest BCUT2D eigenvalue weighted by Crippen LogP contribution is -2.50. The molecule has 0 atom stereocenters. The minimum absolute atomic E-state index is 0.0481. The zero-order valence-corrected chi connectivity index (χ0v) is 15.2. The second-order valence-electron chi connectivity index (χ2n) is 6.38. The molecule has 0 radical (unpaired) electrons. The quantitative estimate of drug-likeness (QED) is 0.928. The van der Waals surface area contributed by atoms with E-state index in [1.807, 2.05) is 35.7 Å². The monoisotopic (exact) mass is 342 g/mol. The number of carbonyl (C=O) groups is 1. The molecule has 1 aliphatic heterocycles. The number of urea groups is 1. The van der Waals surface area contributed by atoms with Crippen molar-refractivity contribution < 1.29 is 4.79 Å². The van der Waals surface area contributed by atoms with Crippen LogP contribution in [0.25, 0.3) is 0 Å². The third-order valence-corrected chi connectivity index (χ3v) is 4.63. The van der Waals surface area contributed by atoms with E-state index in [1.165, 1.54) is 0 Å². The molecule has 0 spiro atoms. The van der Waals surface area contributed by atoms with Gasteiger partial charge < -0.3 is 15.1 Å². The molecule has 7 nitrogen and oxygen atoms in total. The first-order chi connectivity index (χ1) is 12.1. The zero-order valence-electron chi connectivity index (χ0n) is 15.2. The van der Waals surface area contributed by atoms with Crippen LogP contribution < -0.4 is 10.2 Å². The number of rotatable bonds is 4. The molecule has 0 unspecified atom stereocenters. The maximum atomic E-state index is 12.6. The van der Waals surface area contributed by atoms with Crippen molar-refractivity contribution in [1.82, 2.24) is 19.7 Å². The van der Waals surface area contributed by atoms with Crippen LogP contribution in [-0.4, -0.2) is 51.9 Å². The van der Waals surface area contributed by atoms with Crippen molar-refractivity contribution in [3.63, 3.8) is 0 Å². The Kier molecular flexibility index (Phi) is 5.21. The number of aromatic nitrogens is 3. The van der Waals surface area contributed by atoms with Gasteiger partial charge in [-0.2, -0.15) is 5.10 Å². The average Bonchev–Trinajstić information content (AvgIpc) is 2.90. The smallest absolute Gasteiger partial charge is 0.322 e. The topological polar surface area (TPSA) is 66.3 Å². The van der Waals surface area contributed by atoms with Crippen LogP contribution in [0, 0.1) is 13.8 Å². The Hall–Kier alpha value is -2.57. The lowest BCUT2D eigenvalue weighted by Gasteiger charge is -2.35. The minimum Gasteiger partial charge on any atom is -0.367 e. The summed E-state index contributed by atoms with van der Waals surface area (Å²) in [6, 6.07) is 3.94. The van der Waals surface area contributed by atoms with Gasteiger partial charge in [-0.15, -0.1) is 0 Å². The van der Waals surface area contributed by atoms with Gasteiger partial charge in [-0.25, -0.2) is 4.79 Å². The van der Waals surface area contributed by atoms with Gasteiger partial charge in [-0.1, -0.05) is 6.92 Å². The van der Waals surface area contributed by atoms with E-state index >= 15 is 0 Å². The molecule has 0 aromatic carbocycles. The standard InChI is InChI=1S/C18H26N6O/c1-4-8-24-15(3)17(14(2)21-24)20-18(25)23-11-9-22(10-12-23)16-6-5-7-19-13-16/h5-7,13H,4,8-12H2,1-3H3,(H,20,25). The lowest BCUT2D eigenvalue weighted by atomic mass is 10.2. The van der Waals surface area contributed by atoms with Crippen LogP contribution in [0.2, 0.25) is 0 Å². The molecule has 2 aromatic rings. The summed E-state index contributed by atoms with van der Waals surface area (Å²) in [5, 5.41) is 7.57. The van der Waals surface area contributed by atoms with Crippen molar-refractivity contribution in [2.75, 3.05) is 36.4 Å². The van der Waals surface area contributed by atoms with E-state index in [-0.39, 0.29) is 6.03 Å². The summed E-state index contributed by atoms with van der Waals surface area (Å²) >= 11 is 0. The third-order valence-electron chi connectivity index (χ3n) is 4.63. The highest BCUT2D eigenvalue weighted by Gasteiger charge is 2.23. The number of piperazine rings is 1. The Morgan fingerprint density at radius 3 is 2.64 bits per heavy atom. The molecule has 1 N–H and O–H groups in total. The van der Waals surface area contributed by atoms with Gasteiger partial charge in [-0.3, -0.25) is 9.67 Å². The van der Waals surface area contributed by atoms with Crippen LogP contribution in [0.3, 0.4) is 0 Å². The first-order valence-corrected chi connectivity index (χ1v) is 8.85. The molecule has 1 aliphatic rings. The van der Waals surface area contributed by atoms with Gasteiger partial charge in [0.15, 0.2) is 0 Å². The Morgan fingerprint density at radius 2 is 2.00 bits per heavy atom. The molecular weight excluding hydrogens is 316 g/mol. The minimum atomic E-state index is -0.0481. The summed E-state index contributed by atoms with van der Waals surface area (Å²) in [4.78, 5) is 20.9. The number of amides is 2. The van der Waals surface area contributed by atoms with Crippen molar-refractivity contribution in [1.29, 1.82) is 0 Å². The van der Waals surface area contributed by atoms with Crippen LogP contribution in [0.4, 0.5) is 16.2 Å². The van der Waals surface area contributed by atoms with Crippen molar-refractivity contribution in [3.05, 3.63) is 35.9 Å². The van der Waals surface area contributed by atoms with E-state index in [0.717, 1.165) is 48.8 Å². The summed E-state index contributed by atoms with van der Waals surface area (Å²) in [5.41, 5.74) is 3.83. The predicted molar refractivity (Wildman–Crippen MR) is 99.0 cm³/mol. The zero-order chi connectivity index (χ0) is 17.8. The first-order valence-electron chi connectivity index (χ1n) is 8.85. The molecule has 7 heteroatoms. The van der Waals surface area contributed by atoms with Crippen molar-refractivity contribution in [2.45, 2.75) is 33.7 Å². The van der Waals surface area contributed by atoms with Crippen LogP contribution in [0.1, 0.15) is 24.7 Å². The Bertz CT molecular complexity index is 719. The number of nitrogens with zero attached hydrogens (tertiary/aromatic N) is 5. The van der Waals surface area contributed by atoms with E-state index < -0.39 is 0 Å². The first kappa shape index (κ1) is 17.3. The Labute approximate surface area is 148 Å². The molecule has 0 bridgehead atoms. The number of hydrogen-bond donors (Lipinski definition) is 1. The van der Waals surface area contributed by atoms with Gasteiger partial charge in [0.05, 0.1) is 29.0 Å². The van der Waals surface area contributed by atoms with E-state index in [0.29, 0.717) is 13.1 Å². The summed E-state index contributed by atoms with van der Waals surface area (Å²) in [6.07, 6.45) is 4.66. The molecule has 1 fully saturated rings. The molecule has 2 aromatic heterocycles.